The van der Waals surface area contributed by atoms with Crippen LogP contribution >= 0.6 is 11.6 Å². The minimum atomic E-state index is -0.861. The Balaban J connectivity index is 0.000000364. The number of rotatable bonds is 1. The van der Waals surface area contributed by atoms with Gasteiger partial charge >= 0.3 is 5.37 Å². The second kappa shape index (κ2) is 6.83. The molecular weight excluding hydrogens is 204 g/mol. The van der Waals surface area contributed by atoms with E-state index in [2.05, 4.69) is 22.3 Å². The predicted octanol–water partition coefficient (Wildman–Crippen LogP) is 2.27. The molecule has 0 atom stereocenters. The molecule has 0 fully saturated rings. The lowest BCUT2D eigenvalue weighted by molar-refractivity contribution is 0.266. The van der Waals surface area contributed by atoms with Crippen molar-refractivity contribution in [2.45, 2.75) is 6.92 Å². The Labute approximate surface area is 86.4 Å². The standard InChI is InChI=1S/C8H7NO.CH2ClNO/c1-7-2-4-8(5-3-7)9-6-10;2-1(3)4/h2-5H,1H3;(H2,3,4). The molecule has 1 amide bonds. The molecular formula is C9H9ClN2O2. The molecule has 0 radical (unpaired) electrons. The Kier molecular flexibility index (Phi) is 6.03. The number of amides is 1. The SMILES string of the molecule is Cc1ccc(N=C=O)cc1.NC(=O)Cl. The second-order valence-electron chi connectivity index (χ2n) is 2.34. The van der Waals surface area contributed by atoms with Gasteiger partial charge in [0, 0.05) is 0 Å². The number of carbonyl (C=O) groups is 1. The second-order valence-corrected chi connectivity index (χ2v) is 2.72. The van der Waals surface area contributed by atoms with E-state index in [1.54, 1.807) is 12.1 Å². The van der Waals surface area contributed by atoms with E-state index in [-0.39, 0.29) is 0 Å². The average molecular weight is 213 g/mol. The lowest BCUT2D eigenvalue weighted by Gasteiger charge is -1.89. The maximum absolute atomic E-state index is 9.77. The minimum Gasteiger partial charge on any atom is -0.356 e. The number of halogens is 1. The van der Waals surface area contributed by atoms with Crippen molar-refractivity contribution in [2.75, 3.05) is 0 Å². The molecule has 14 heavy (non-hydrogen) atoms. The molecule has 0 aliphatic carbocycles. The maximum Gasteiger partial charge on any atom is 0.311 e. The van der Waals surface area contributed by atoms with Gasteiger partial charge < -0.3 is 5.73 Å². The average Bonchev–Trinajstić information content (AvgIpc) is 2.08. The van der Waals surface area contributed by atoms with Crippen LogP contribution in [0.1, 0.15) is 5.56 Å². The van der Waals surface area contributed by atoms with Gasteiger partial charge in [0.2, 0.25) is 6.08 Å². The lowest BCUT2D eigenvalue weighted by Crippen LogP contribution is -1.94. The van der Waals surface area contributed by atoms with E-state index in [1.807, 2.05) is 19.1 Å². The van der Waals surface area contributed by atoms with E-state index >= 15 is 0 Å². The Hall–Kier alpha value is -1.64. The van der Waals surface area contributed by atoms with E-state index in [1.165, 1.54) is 6.08 Å². The van der Waals surface area contributed by atoms with Crippen LogP contribution in [0.5, 0.6) is 0 Å². The van der Waals surface area contributed by atoms with Gasteiger partial charge in [-0.05, 0) is 30.7 Å². The molecule has 0 heterocycles. The highest BCUT2D eigenvalue weighted by molar-refractivity contribution is 6.62. The first kappa shape index (κ1) is 12.4. The van der Waals surface area contributed by atoms with Gasteiger partial charge in [-0.25, -0.2) is 4.79 Å². The molecule has 0 spiro atoms. The fourth-order valence-corrected chi connectivity index (χ4v) is 0.672. The van der Waals surface area contributed by atoms with Crippen LogP contribution in [0.2, 0.25) is 0 Å². The van der Waals surface area contributed by atoms with Crippen molar-refractivity contribution in [3.8, 4) is 0 Å². The molecule has 0 unspecified atom stereocenters. The van der Waals surface area contributed by atoms with Gasteiger partial charge in [-0.1, -0.05) is 17.7 Å². The zero-order valence-electron chi connectivity index (χ0n) is 7.53. The first-order chi connectivity index (χ1) is 6.56. The Bertz CT molecular complexity index is 338. The number of aryl methyl sites for hydroxylation is 1. The van der Waals surface area contributed by atoms with Crippen molar-refractivity contribution >= 4 is 28.7 Å². The van der Waals surface area contributed by atoms with Crippen LogP contribution in [0.15, 0.2) is 29.3 Å². The third kappa shape index (κ3) is 7.03. The first-order valence-corrected chi connectivity index (χ1v) is 4.03. The van der Waals surface area contributed by atoms with Gasteiger partial charge in [0.05, 0.1) is 5.69 Å². The molecule has 0 aliphatic rings. The number of carbonyl (C=O) groups excluding carboxylic acids is 2. The van der Waals surface area contributed by atoms with Crippen LogP contribution in [0.3, 0.4) is 0 Å². The Morgan fingerprint density at radius 2 is 1.86 bits per heavy atom. The molecule has 1 aromatic carbocycles. The zero-order chi connectivity index (χ0) is 11.0. The van der Waals surface area contributed by atoms with Crippen LogP contribution in [0.25, 0.3) is 0 Å². The number of benzene rings is 1. The van der Waals surface area contributed by atoms with Gasteiger partial charge in [0.15, 0.2) is 0 Å². The summed E-state index contributed by atoms with van der Waals surface area (Å²) in [6.45, 7) is 1.98. The van der Waals surface area contributed by atoms with E-state index < -0.39 is 5.37 Å². The van der Waals surface area contributed by atoms with E-state index in [0.717, 1.165) is 5.56 Å². The highest BCUT2D eigenvalue weighted by Crippen LogP contribution is 2.10. The third-order valence-corrected chi connectivity index (χ3v) is 1.21. The highest BCUT2D eigenvalue weighted by atomic mass is 35.5. The minimum absolute atomic E-state index is 0.653. The van der Waals surface area contributed by atoms with E-state index in [9.17, 15) is 4.79 Å². The van der Waals surface area contributed by atoms with Gasteiger partial charge in [-0.3, -0.25) is 4.79 Å². The molecule has 0 saturated heterocycles. The fourth-order valence-electron chi connectivity index (χ4n) is 0.672. The van der Waals surface area contributed by atoms with Crippen molar-refractivity contribution in [2.24, 2.45) is 10.7 Å². The molecule has 2 N–H and O–H groups in total. The van der Waals surface area contributed by atoms with Crippen molar-refractivity contribution in [1.82, 2.24) is 0 Å². The summed E-state index contributed by atoms with van der Waals surface area (Å²) in [4.78, 5) is 22.2. The van der Waals surface area contributed by atoms with Crippen molar-refractivity contribution in [3.63, 3.8) is 0 Å². The molecule has 1 rings (SSSR count). The Morgan fingerprint density at radius 3 is 2.21 bits per heavy atom. The summed E-state index contributed by atoms with van der Waals surface area (Å²) in [5.41, 5.74) is 6.05. The lowest BCUT2D eigenvalue weighted by atomic mass is 10.2. The summed E-state index contributed by atoms with van der Waals surface area (Å²) >= 11 is 4.41. The molecule has 1 aromatic rings. The summed E-state index contributed by atoms with van der Waals surface area (Å²) in [7, 11) is 0. The van der Waals surface area contributed by atoms with Gasteiger partial charge in [0.1, 0.15) is 0 Å². The summed E-state index contributed by atoms with van der Waals surface area (Å²) in [5, 5.41) is -0.861. The normalized spacial score (nSPS) is 7.86. The monoisotopic (exact) mass is 212 g/mol. The van der Waals surface area contributed by atoms with Crippen LogP contribution in [0.4, 0.5) is 10.5 Å². The largest absolute Gasteiger partial charge is 0.356 e. The number of aliphatic imine (C=N–C) groups is 1. The molecule has 0 aromatic heterocycles. The number of nitrogens with zero attached hydrogens (tertiary/aromatic N) is 1. The van der Waals surface area contributed by atoms with Gasteiger partial charge in [-0.15, -0.1) is 0 Å². The van der Waals surface area contributed by atoms with Crippen LogP contribution in [0, 0.1) is 6.92 Å². The van der Waals surface area contributed by atoms with E-state index in [0.29, 0.717) is 5.69 Å². The Morgan fingerprint density at radius 1 is 1.43 bits per heavy atom. The molecule has 4 nitrogen and oxygen atoms in total. The molecule has 74 valence electrons. The molecule has 0 aliphatic heterocycles. The first-order valence-electron chi connectivity index (χ1n) is 3.65. The number of nitrogens with two attached hydrogens (primary N) is 1. The molecule has 5 heteroatoms. The molecule has 0 saturated carbocycles. The van der Waals surface area contributed by atoms with E-state index in [4.69, 9.17) is 4.79 Å². The number of isocyanates is 1. The predicted molar refractivity (Wildman–Crippen MR) is 54.4 cm³/mol. The fraction of sp³-hybridized carbons (Fsp3) is 0.111. The summed E-state index contributed by atoms with van der Waals surface area (Å²) in [6, 6.07) is 7.35. The zero-order valence-corrected chi connectivity index (χ0v) is 8.28. The topological polar surface area (TPSA) is 72.5 Å². The maximum atomic E-state index is 9.77. The summed E-state index contributed by atoms with van der Waals surface area (Å²) < 4.78 is 0. The number of hydrogen-bond donors (Lipinski definition) is 1. The van der Waals surface area contributed by atoms with Crippen LogP contribution in [-0.2, 0) is 4.79 Å². The van der Waals surface area contributed by atoms with Crippen molar-refractivity contribution < 1.29 is 9.59 Å². The summed E-state index contributed by atoms with van der Waals surface area (Å²) in [6.07, 6.45) is 1.48. The van der Waals surface area contributed by atoms with Crippen LogP contribution in [-0.4, -0.2) is 11.4 Å². The van der Waals surface area contributed by atoms with Gasteiger partial charge in [-0.2, -0.15) is 4.99 Å². The van der Waals surface area contributed by atoms with Crippen molar-refractivity contribution in [1.29, 1.82) is 0 Å². The number of primary amides is 1. The van der Waals surface area contributed by atoms with Crippen molar-refractivity contribution in [3.05, 3.63) is 29.8 Å². The molecule has 0 bridgehead atoms. The summed E-state index contributed by atoms with van der Waals surface area (Å²) in [5.74, 6) is 0. The van der Waals surface area contributed by atoms with Crippen LogP contribution < -0.4 is 5.73 Å². The third-order valence-electron chi connectivity index (χ3n) is 1.21. The quantitative estimate of drug-likeness (QED) is 0.336. The van der Waals surface area contributed by atoms with Gasteiger partial charge in [0.25, 0.3) is 0 Å². The highest BCUT2D eigenvalue weighted by Gasteiger charge is 1.85. The number of hydrogen-bond acceptors (Lipinski definition) is 3. The smallest absolute Gasteiger partial charge is 0.311 e.